The molecule has 0 radical (unpaired) electrons. The summed E-state index contributed by atoms with van der Waals surface area (Å²) in [4.78, 5) is 10.6. The topological polar surface area (TPSA) is 79.1 Å². The number of nitrogens with one attached hydrogen (secondary N) is 2. The zero-order chi connectivity index (χ0) is 14.3. The van der Waals surface area contributed by atoms with Gasteiger partial charge in [0.25, 0.3) is 0 Å². The number of aromatic nitrogens is 2. The van der Waals surface area contributed by atoms with Crippen LogP contribution < -0.4 is 16.4 Å². The Bertz CT molecular complexity index is 379. The Morgan fingerprint density at radius 3 is 2.32 bits per heavy atom. The van der Waals surface area contributed by atoms with Crippen LogP contribution in [-0.4, -0.2) is 47.6 Å². The van der Waals surface area contributed by atoms with Crippen molar-refractivity contribution in [1.29, 1.82) is 0 Å². The van der Waals surface area contributed by atoms with E-state index in [1.807, 2.05) is 6.07 Å². The van der Waals surface area contributed by atoms with Crippen LogP contribution in [-0.2, 0) is 0 Å². The van der Waals surface area contributed by atoms with Gasteiger partial charge in [-0.1, -0.05) is 6.92 Å². The molecule has 6 heteroatoms. The Morgan fingerprint density at radius 2 is 1.79 bits per heavy atom. The van der Waals surface area contributed by atoms with Gasteiger partial charge in [-0.3, -0.25) is 0 Å². The first-order valence-corrected chi connectivity index (χ1v) is 6.85. The van der Waals surface area contributed by atoms with Crippen LogP contribution in [0.3, 0.4) is 0 Å². The molecule has 0 bridgehead atoms. The number of nitrogens with zero attached hydrogens (tertiary/aromatic N) is 3. The molecule has 0 saturated carbocycles. The van der Waals surface area contributed by atoms with Gasteiger partial charge in [0.05, 0.1) is 0 Å². The fourth-order valence-electron chi connectivity index (χ4n) is 1.52. The molecule has 1 aromatic rings. The van der Waals surface area contributed by atoms with Crippen LogP contribution in [0.2, 0.25) is 0 Å². The molecule has 0 unspecified atom stereocenters. The standard InChI is InChI=1S/C13H26N6/c1-5-6-15-11-9-12(18-13(14)17-11)16-7-8-19(4)10(2)3/h9-10H,5-8H2,1-4H3,(H4,14,15,16,17,18). The second-order valence-corrected chi connectivity index (χ2v) is 4.92. The first-order chi connectivity index (χ1) is 9.02. The molecule has 1 heterocycles. The van der Waals surface area contributed by atoms with Gasteiger partial charge in [0.15, 0.2) is 0 Å². The number of anilines is 3. The van der Waals surface area contributed by atoms with E-state index in [0.717, 1.165) is 37.7 Å². The average molecular weight is 266 g/mol. The lowest BCUT2D eigenvalue weighted by molar-refractivity contribution is 0.284. The number of nitrogens with two attached hydrogens (primary N) is 1. The van der Waals surface area contributed by atoms with Crippen molar-refractivity contribution in [3.63, 3.8) is 0 Å². The van der Waals surface area contributed by atoms with Crippen LogP contribution in [0.25, 0.3) is 0 Å². The summed E-state index contributed by atoms with van der Waals surface area (Å²) in [5.41, 5.74) is 5.70. The van der Waals surface area contributed by atoms with Crippen LogP contribution in [0.5, 0.6) is 0 Å². The van der Waals surface area contributed by atoms with Gasteiger partial charge in [-0.15, -0.1) is 0 Å². The molecule has 0 aliphatic rings. The zero-order valence-corrected chi connectivity index (χ0v) is 12.4. The highest BCUT2D eigenvalue weighted by molar-refractivity contribution is 5.50. The van der Waals surface area contributed by atoms with Crippen LogP contribution in [0.1, 0.15) is 27.2 Å². The minimum Gasteiger partial charge on any atom is -0.370 e. The number of hydrogen-bond acceptors (Lipinski definition) is 6. The second kappa shape index (κ2) is 7.78. The quantitative estimate of drug-likeness (QED) is 0.664. The smallest absolute Gasteiger partial charge is 0.223 e. The predicted molar refractivity (Wildman–Crippen MR) is 81.5 cm³/mol. The normalized spacial score (nSPS) is 11.1. The summed E-state index contributed by atoms with van der Waals surface area (Å²) in [6, 6.07) is 2.43. The molecule has 0 fully saturated rings. The fraction of sp³-hybridized carbons (Fsp3) is 0.692. The maximum absolute atomic E-state index is 5.70. The average Bonchev–Trinajstić information content (AvgIpc) is 2.35. The van der Waals surface area contributed by atoms with Gasteiger partial charge in [-0.05, 0) is 27.3 Å². The summed E-state index contributed by atoms with van der Waals surface area (Å²) in [5.74, 6) is 1.83. The fourth-order valence-corrected chi connectivity index (χ4v) is 1.52. The van der Waals surface area contributed by atoms with Crippen molar-refractivity contribution < 1.29 is 0 Å². The van der Waals surface area contributed by atoms with Crippen molar-refractivity contribution >= 4 is 17.6 Å². The number of rotatable bonds is 8. The molecule has 6 nitrogen and oxygen atoms in total. The maximum atomic E-state index is 5.70. The zero-order valence-electron chi connectivity index (χ0n) is 12.4. The molecule has 108 valence electrons. The van der Waals surface area contributed by atoms with Gasteiger partial charge in [0, 0.05) is 31.7 Å². The lowest BCUT2D eigenvalue weighted by atomic mass is 10.3. The minimum atomic E-state index is 0.292. The molecule has 19 heavy (non-hydrogen) atoms. The third-order valence-corrected chi connectivity index (χ3v) is 2.95. The molecule has 0 aliphatic heterocycles. The van der Waals surface area contributed by atoms with E-state index in [-0.39, 0.29) is 0 Å². The van der Waals surface area contributed by atoms with E-state index in [2.05, 4.69) is 53.3 Å². The minimum absolute atomic E-state index is 0.292. The largest absolute Gasteiger partial charge is 0.370 e. The summed E-state index contributed by atoms with van der Waals surface area (Å²) in [5, 5.41) is 6.49. The summed E-state index contributed by atoms with van der Waals surface area (Å²) in [7, 11) is 2.11. The summed E-state index contributed by atoms with van der Waals surface area (Å²) in [6.07, 6.45) is 1.05. The predicted octanol–water partition coefficient (Wildman–Crippen LogP) is 1.63. The van der Waals surface area contributed by atoms with E-state index in [0.29, 0.717) is 12.0 Å². The summed E-state index contributed by atoms with van der Waals surface area (Å²) in [6.45, 7) is 9.13. The lowest BCUT2D eigenvalue weighted by Gasteiger charge is -2.21. The van der Waals surface area contributed by atoms with Crippen molar-refractivity contribution in [1.82, 2.24) is 14.9 Å². The van der Waals surface area contributed by atoms with Gasteiger partial charge >= 0.3 is 0 Å². The van der Waals surface area contributed by atoms with Crippen LogP contribution in [0, 0.1) is 0 Å². The molecule has 0 aromatic carbocycles. The Hall–Kier alpha value is -1.56. The van der Waals surface area contributed by atoms with Gasteiger partial charge in [-0.25, -0.2) is 0 Å². The van der Waals surface area contributed by atoms with Gasteiger partial charge in [0.1, 0.15) is 11.6 Å². The van der Waals surface area contributed by atoms with Crippen molar-refractivity contribution in [2.75, 3.05) is 43.0 Å². The molecule has 1 rings (SSSR count). The van der Waals surface area contributed by atoms with Crippen LogP contribution >= 0.6 is 0 Å². The van der Waals surface area contributed by atoms with Gasteiger partial charge in [-0.2, -0.15) is 9.97 Å². The highest BCUT2D eigenvalue weighted by Crippen LogP contribution is 2.12. The molecule has 0 amide bonds. The first-order valence-electron chi connectivity index (χ1n) is 6.85. The van der Waals surface area contributed by atoms with E-state index in [1.54, 1.807) is 0 Å². The van der Waals surface area contributed by atoms with E-state index < -0.39 is 0 Å². The Morgan fingerprint density at radius 1 is 1.21 bits per heavy atom. The van der Waals surface area contributed by atoms with E-state index >= 15 is 0 Å². The van der Waals surface area contributed by atoms with Crippen molar-refractivity contribution in [2.45, 2.75) is 33.2 Å². The Labute approximate surface area is 115 Å². The molecule has 0 saturated heterocycles. The summed E-state index contributed by atoms with van der Waals surface area (Å²) >= 11 is 0. The van der Waals surface area contributed by atoms with Crippen LogP contribution in [0.15, 0.2) is 6.07 Å². The first kappa shape index (κ1) is 15.5. The molecule has 4 N–H and O–H groups in total. The highest BCUT2D eigenvalue weighted by Gasteiger charge is 2.04. The van der Waals surface area contributed by atoms with E-state index in [1.165, 1.54) is 0 Å². The van der Waals surface area contributed by atoms with Gasteiger partial charge < -0.3 is 21.3 Å². The molecule has 1 aromatic heterocycles. The third-order valence-electron chi connectivity index (χ3n) is 2.95. The maximum Gasteiger partial charge on any atom is 0.223 e. The summed E-state index contributed by atoms with van der Waals surface area (Å²) < 4.78 is 0. The van der Waals surface area contributed by atoms with E-state index in [9.17, 15) is 0 Å². The highest BCUT2D eigenvalue weighted by atomic mass is 15.2. The van der Waals surface area contributed by atoms with E-state index in [4.69, 9.17) is 5.73 Å². The molecular weight excluding hydrogens is 240 g/mol. The lowest BCUT2D eigenvalue weighted by Crippen LogP contribution is -2.31. The molecular formula is C13H26N6. The van der Waals surface area contributed by atoms with Crippen molar-refractivity contribution in [2.24, 2.45) is 0 Å². The SMILES string of the molecule is CCCNc1cc(NCCN(C)C(C)C)nc(N)n1. The molecule has 0 aliphatic carbocycles. The molecule has 0 atom stereocenters. The number of nitrogen functional groups attached to an aromatic ring is 1. The van der Waals surface area contributed by atoms with Crippen molar-refractivity contribution in [3.8, 4) is 0 Å². The Kier molecular flexibility index (Phi) is 6.35. The number of hydrogen-bond donors (Lipinski definition) is 3. The van der Waals surface area contributed by atoms with Crippen LogP contribution in [0.4, 0.5) is 17.6 Å². The monoisotopic (exact) mass is 266 g/mol. The molecule has 0 spiro atoms. The van der Waals surface area contributed by atoms with Gasteiger partial charge in [0.2, 0.25) is 5.95 Å². The number of likely N-dealkylation sites (N-methyl/N-ethyl adjacent to an activating group) is 1. The Balaban J connectivity index is 2.51. The van der Waals surface area contributed by atoms with Crippen molar-refractivity contribution in [3.05, 3.63) is 6.07 Å². The second-order valence-electron chi connectivity index (χ2n) is 4.92. The third kappa shape index (κ3) is 5.74.